The number of aliphatic carboxylic acids is 1. The summed E-state index contributed by atoms with van der Waals surface area (Å²) in [4.78, 5) is 10.1. The molecular weight excluding hydrogens is 232 g/mol. The zero-order valence-electron chi connectivity index (χ0n) is 8.06. The smallest absolute Gasteiger partial charge is 0.0414 e. The molecule has 0 aromatic carbocycles. The van der Waals surface area contributed by atoms with Gasteiger partial charge in [-0.05, 0) is 19.3 Å². The third-order valence-corrected chi connectivity index (χ3v) is 2.58. The zero-order chi connectivity index (χ0) is 9.94. The first-order valence-corrected chi connectivity index (χ1v) is 6.15. The van der Waals surface area contributed by atoms with Crippen LogP contribution in [0.4, 0.5) is 0 Å². The Bertz CT molecular complexity index is 126. The summed E-state index contributed by atoms with van der Waals surface area (Å²) in [6.07, 6.45) is 8.24. The molecule has 0 bridgehead atoms. The second kappa shape index (κ2) is 10.0. The van der Waals surface area contributed by atoms with Crippen LogP contribution in [0.25, 0.3) is 0 Å². The first-order valence-electron chi connectivity index (χ1n) is 5.03. The van der Waals surface area contributed by atoms with Gasteiger partial charge in [-0.25, -0.2) is 0 Å². The fraction of sp³-hybridized carbons (Fsp3) is 0.900. The largest absolute Gasteiger partial charge is 0.550 e. The molecule has 0 aliphatic rings. The van der Waals surface area contributed by atoms with Crippen LogP contribution in [-0.2, 0) is 4.79 Å². The van der Waals surface area contributed by atoms with Crippen LogP contribution in [0.15, 0.2) is 0 Å². The first kappa shape index (κ1) is 12.9. The predicted molar refractivity (Wildman–Crippen MR) is 55.7 cm³/mol. The highest BCUT2D eigenvalue weighted by atomic mass is 79.9. The van der Waals surface area contributed by atoms with Crippen molar-refractivity contribution in [2.24, 2.45) is 0 Å². The average Bonchev–Trinajstić information content (AvgIpc) is 2.09. The fourth-order valence-corrected chi connectivity index (χ4v) is 1.64. The van der Waals surface area contributed by atoms with Crippen LogP contribution in [0.5, 0.6) is 0 Å². The van der Waals surface area contributed by atoms with Crippen molar-refractivity contribution < 1.29 is 9.90 Å². The van der Waals surface area contributed by atoms with E-state index in [2.05, 4.69) is 15.9 Å². The lowest BCUT2D eigenvalue weighted by atomic mass is 10.1. The van der Waals surface area contributed by atoms with E-state index < -0.39 is 5.97 Å². The summed E-state index contributed by atoms with van der Waals surface area (Å²) in [5.74, 6) is -0.917. The van der Waals surface area contributed by atoms with Crippen LogP contribution >= 0.6 is 15.9 Å². The molecule has 0 unspecified atom stereocenters. The van der Waals surface area contributed by atoms with Crippen LogP contribution in [0.2, 0.25) is 0 Å². The van der Waals surface area contributed by atoms with E-state index in [-0.39, 0.29) is 6.42 Å². The van der Waals surface area contributed by atoms with Crippen molar-refractivity contribution >= 4 is 21.9 Å². The molecule has 0 atom stereocenters. The minimum absolute atomic E-state index is 0.224. The highest BCUT2D eigenvalue weighted by molar-refractivity contribution is 9.09. The Balaban J connectivity index is 2.87. The van der Waals surface area contributed by atoms with E-state index in [1.54, 1.807) is 0 Å². The number of carbonyl (C=O) groups is 1. The molecule has 0 saturated carbocycles. The van der Waals surface area contributed by atoms with Gasteiger partial charge in [0.25, 0.3) is 0 Å². The summed E-state index contributed by atoms with van der Waals surface area (Å²) in [7, 11) is 0. The molecular formula is C10H18BrO2-. The lowest BCUT2D eigenvalue weighted by molar-refractivity contribution is -0.305. The molecule has 0 N–H and O–H groups in total. The number of hydrogen-bond acceptors (Lipinski definition) is 2. The third-order valence-electron chi connectivity index (χ3n) is 2.01. The molecule has 0 aromatic rings. The first-order chi connectivity index (χ1) is 6.27. The number of hydrogen-bond donors (Lipinski definition) is 0. The molecule has 0 heterocycles. The van der Waals surface area contributed by atoms with E-state index >= 15 is 0 Å². The van der Waals surface area contributed by atoms with Crippen molar-refractivity contribution in [1.82, 2.24) is 0 Å². The van der Waals surface area contributed by atoms with Crippen molar-refractivity contribution in [3.63, 3.8) is 0 Å². The molecule has 0 rings (SSSR count). The van der Waals surface area contributed by atoms with Gasteiger partial charge in [-0.2, -0.15) is 0 Å². The summed E-state index contributed by atoms with van der Waals surface area (Å²) in [6.45, 7) is 0. The van der Waals surface area contributed by atoms with E-state index in [0.29, 0.717) is 0 Å². The number of unbranched alkanes of at least 4 members (excludes halogenated alkanes) is 6. The van der Waals surface area contributed by atoms with E-state index in [1.807, 2.05) is 0 Å². The minimum Gasteiger partial charge on any atom is -0.550 e. The summed E-state index contributed by atoms with van der Waals surface area (Å²) in [5.41, 5.74) is 0. The highest BCUT2D eigenvalue weighted by Crippen LogP contribution is 2.08. The number of rotatable bonds is 9. The molecule has 3 heteroatoms. The Kier molecular flexibility index (Phi) is 10.00. The maximum Gasteiger partial charge on any atom is 0.0414 e. The predicted octanol–water partition coefficient (Wildman–Crippen LogP) is 2.25. The van der Waals surface area contributed by atoms with Crippen molar-refractivity contribution in [2.45, 2.75) is 51.4 Å². The van der Waals surface area contributed by atoms with Gasteiger partial charge in [-0.1, -0.05) is 48.0 Å². The van der Waals surface area contributed by atoms with Gasteiger partial charge in [0, 0.05) is 11.3 Å². The van der Waals surface area contributed by atoms with Gasteiger partial charge >= 0.3 is 0 Å². The molecule has 0 amide bonds. The van der Waals surface area contributed by atoms with Gasteiger partial charge in [0.1, 0.15) is 0 Å². The van der Waals surface area contributed by atoms with Gasteiger partial charge in [-0.15, -0.1) is 0 Å². The van der Waals surface area contributed by atoms with Crippen molar-refractivity contribution in [2.75, 3.05) is 5.33 Å². The molecule has 0 saturated heterocycles. The SMILES string of the molecule is O=C([O-])CCCCCCCCCBr. The van der Waals surface area contributed by atoms with Gasteiger partial charge in [0.05, 0.1) is 0 Å². The standard InChI is InChI=1S/C10H19BrO2/c11-9-7-5-3-1-2-4-6-8-10(12)13/h1-9H2,(H,12,13)/p-1. The molecule has 0 spiro atoms. The molecule has 78 valence electrons. The monoisotopic (exact) mass is 249 g/mol. The number of halogens is 1. The molecule has 13 heavy (non-hydrogen) atoms. The highest BCUT2D eigenvalue weighted by Gasteiger charge is 1.91. The number of alkyl halides is 1. The summed E-state index contributed by atoms with van der Waals surface area (Å²) in [6, 6.07) is 0. The summed E-state index contributed by atoms with van der Waals surface area (Å²) in [5, 5.41) is 11.2. The van der Waals surface area contributed by atoms with Crippen molar-refractivity contribution in [1.29, 1.82) is 0 Å². The van der Waals surface area contributed by atoms with E-state index in [9.17, 15) is 9.90 Å². The topological polar surface area (TPSA) is 40.1 Å². The van der Waals surface area contributed by atoms with Crippen molar-refractivity contribution in [3.8, 4) is 0 Å². The Morgan fingerprint density at radius 1 is 0.923 bits per heavy atom. The summed E-state index contributed by atoms with van der Waals surface area (Å²) >= 11 is 3.39. The van der Waals surface area contributed by atoms with E-state index in [0.717, 1.165) is 24.6 Å². The molecule has 0 fully saturated rings. The molecule has 0 aromatic heterocycles. The third kappa shape index (κ3) is 12.0. The Morgan fingerprint density at radius 3 is 1.85 bits per heavy atom. The number of carboxylic acid groups (broad SMARTS) is 1. The molecule has 0 aliphatic heterocycles. The quantitative estimate of drug-likeness (QED) is 0.465. The van der Waals surface area contributed by atoms with Crippen LogP contribution in [0.3, 0.4) is 0 Å². The van der Waals surface area contributed by atoms with Gasteiger partial charge in [-0.3, -0.25) is 0 Å². The summed E-state index contributed by atoms with van der Waals surface area (Å²) < 4.78 is 0. The van der Waals surface area contributed by atoms with E-state index in [4.69, 9.17) is 0 Å². The fourth-order valence-electron chi connectivity index (χ4n) is 1.25. The molecule has 0 radical (unpaired) electrons. The Labute approximate surface area is 88.8 Å². The Morgan fingerprint density at radius 2 is 1.38 bits per heavy atom. The lowest BCUT2D eigenvalue weighted by Crippen LogP contribution is -2.21. The molecule has 2 nitrogen and oxygen atoms in total. The number of carbonyl (C=O) groups excluding carboxylic acids is 1. The maximum atomic E-state index is 10.1. The van der Waals surface area contributed by atoms with E-state index in [1.165, 1.54) is 25.7 Å². The van der Waals surface area contributed by atoms with Gasteiger partial charge in [0.2, 0.25) is 0 Å². The second-order valence-corrected chi connectivity index (χ2v) is 4.08. The lowest BCUT2D eigenvalue weighted by Gasteiger charge is -2.02. The van der Waals surface area contributed by atoms with Gasteiger partial charge in [0.15, 0.2) is 0 Å². The second-order valence-electron chi connectivity index (χ2n) is 3.29. The zero-order valence-corrected chi connectivity index (χ0v) is 9.64. The van der Waals surface area contributed by atoms with Crippen LogP contribution in [0, 0.1) is 0 Å². The Hall–Kier alpha value is -0.0500. The minimum atomic E-state index is -0.917. The van der Waals surface area contributed by atoms with Gasteiger partial charge < -0.3 is 9.90 Å². The normalized spacial score (nSPS) is 10.2. The van der Waals surface area contributed by atoms with Crippen LogP contribution in [-0.4, -0.2) is 11.3 Å². The average molecular weight is 250 g/mol. The van der Waals surface area contributed by atoms with Crippen LogP contribution < -0.4 is 5.11 Å². The molecule has 0 aliphatic carbocycles. The van der Waals surface area contributed by atoms with Crippen LogP contribution in [0.1, 0.15) is 51.4 Å². The van der Waals surface area contributed by atoms with Crippen molar-refractivity contribution in [3.05, 3.63) is 0 Å². The number of carboxylic acids is 1. The maximum absolute atomic E-state index is 10.1.